The van der Waals surface area contributed by atoms with Gasteiger partial charge in [0.1, 0.15) is 0 Å². The van der Waals surface area contributed by atoms with Gasteiger partial charge in [-0.1, -0.05) is 68.0 Å². The Hall–Kier alpha value is -2.32. The first-order chi connectivity index (χ1) is 13.6. The van der Waals surface area contributed by atoms with E-state index in [1.807, 2.05) is 0 Å². The van der Waals surface area contributed by atoms with Gasteiger partial charge in [0, 0.05) is 22.1 Å². The molecule has 1 aromatic heterocycles. The zero-order valence-electron chi connectivity index (χ0n) is 17.5. The average Bonchev–Trinajstić information content (AvgIpc) is 3.08. The number of nitrogens with zero attached hydrogens (tertiary/aromatic N) is 1. The lowest BCUT2D eigenvalue weighted by atomic mass is 9.76. The molecule has 1 heterocycles. The summed E-state index contributed by atoms with van der Waals surface area (Å²) < 4.78 is 0. The second-order valence-corrected chi connectivity index (χ2v) is 8.49. The minimum atomic E-state index is 0.210. The van der Waals surface area contributed by atoms with Crippen molar-refractivity contribution in [3.05, 3.63) is 77.5 Å². The highest BCUT2D eigenvalue weighted by atomic mass is 15.1. The van der Waals surface area contributed by atoms with Crippen LogP contribution in [0.1, 0.15) is 49.4 Å². The number of benzene rings is 2. The first-order valence-corrected chi connectivity index (χ1v) is 10.6. The first kappa shape index (κ1) is 19.0. The van der Waals surface area contributed by atoms with Gasteiger partial charge in [0.25, 0.3) is 0 Å². The van der Waals surface area contributed by atoms with Crippen molar-refractivity contribution in [1.29, 1.82) is 0 Å². The Balaban J connectivity index is 1.66. The van der Waals surface area contributed by atoms with E-state index in [2.05, 4.69) is 91.6 Å². The molecule has 1 unspecified atom stereocenters. The molecule has 1 aliphatic carbocycles. The van der Waals surface area contributed by atoms with Crippen molar-refractivity contribution in [2.75, 3.05) is 14.1 Å². The molecule has 1 aliphatic rings. The molecule has 4 rings (SSSR count). The molecule has 0 aliphatic heterocycles. The number of aromatic nitrogens is 1. The number of hydrogen-bond donors (Lipinski definition) is 1. The largest absolute Gasteiger partial charge is 0.355 e. The zero-order chi connectivity index (χ0) is 19.6. The Morgan fingerprint density at radius 1 is 1.00 bits per heavy atom. The lowest BCUT2D eigenvalue weighted by molar-refractivity contribution is 0.138. The highest BCUT2D eigenvalue weighted by Gasteiger charge is 2.35. The molecule has 1 N–H and O–H groups in total. The number of fused-ring (bicyclic) bond motifs is 1. The van der Waals surface area contributed by atoms with Crippen LogP contribution in [0.4, 0.5) is 0 Å². The smallest absolute Gasteiger partial charge is 0.0461 e. The van der Waals surface area contributed by atoms with E-state index in [9.17, 15) is 0 Å². The van der Waals surface area contributed by atoms with Gasteiger partial charge in [-0.15, -0.1) is 0 Å². The molecule has 0 saturated carbocycles. The topological polar surface area (TPSA) is 19.0 Å². The monoisotopic (exact) mass is 372 g/mol. The maximum atomic E-state index is 3.74. The molecule has 3 aromatic rings. The van der Waals surface area contributed by atoms with Crippen molar-refractivity contribution in [1.82, 2.24) is 9.88 Å². The van der Waals surface area contributed by atoms with E-state index in [0.29, 0.717) is 0 Å². The molecule has 146 valence electrons. The van der Waals surface area contributed by atoms with E-state index in [1.165, 1.54) is 46.1 Å². The molecular weight excluding hydrogens is 340 g/mol. The molecule has 2 aromatic carbocycles. The van der Waals surface area contributed by atoms with Crippen LogP contribution in [0.15, 0.2) is 60.7 Å². The summed E-state index contributed by atoms with van der Waals surface area (Å²) in [4.78, 5) is 6.19. The molecule has 2 heteroatoms. The number of likely N-dealkylation sites (N-methyl/N-ethyl adjacent to an activating group) is 1. The van der Waals surface area contributed by atoms with E-state index in [1.54, 1.807) is 0 Å². The van der Waals surface area contributed by atoms with Gasteiger partial charge >= 0.3 is 0 Å². The van der Waals surface area contributed by atoms with Crippen molar-refractivity contribution in [3.8, 4) is 0 Å². The van der Waals surface area contributed by atoms with Crippen LogP contribution in [0.2, 0.25) is 0 Å². The SMILES string of the molecule is CCCc1c(C2=CCC(Cc3ccccc3)(N(C)C)CC2)[nH]c2ccccc12. The van der Waals surface area contributed by atoms with Crippen LogP contribution in [0.25, 0.3) is 16.5 Å². The van der Waals surface area contributed by atoms with Crippen LogP contribution in [0.5, 0.6) is 0 Å². The van der Waals surface area contributed by atoms with Crippen molar-refractivity contribution >= 4 is 16.5 Å². The molecule has 0 radical (unpaired) electrons. The summed E-state index contributed by atoms with van der Waals surface area (Å²) in [6.45, 7) is 2.28. The number of H-pyrrole nitrogens is 1. The zero-order valence-corrected chi connectivity index (χ0v) is 17.5. The van der Waals surface area contributed by atoms with Gasteiger partial charge < -0.3 is 9.88 Å². The van der Waals surface area contributed by atoms with E-state index in [-0.39, 0.29) is 5.54 Å². The fraction of sp³-hybridized carbons (Fsp3) is 0.385. The summed E-state index contributed by atoms with van der Waals surface area (Å²) in [5.74, 6) is 0. The normalized spacial score (nSPS) is 19.9. The third-order valence-corrected chi connectivity index (χ3v) is 6.55. The Morgan fingerprint density at radius 3 is 2.43 bits per heavy atom. The number of hydrogen-bond acceptors (Lipinski definition) is 1. The Bertz CT molecular complexity index is 965. The second-order valence-electron chi connectivity index (χ2n) is 8.49. The van der Waals surface area contributed by atoms with E-state index < -0.39 is 0 Å². The second kappa shape index (κ2) is 7.97. The van der Waals surface area contributed by atoms with Gasteiger partial charge in [0.15, 0.2) is 0 Å². The van der Waals surface area contributed by atoms with Crippen molar-refractivity contribution in [2.45, 2.75) is 51.0 Å². The molecule has 0 saturated heterocycles. The summed E-state index contributed by atoms with van der Waals surface area (Å²) in [6.07, 6.45) is 9.37. The highest BCUT2D eigenvalue weighted by Crippen LogP contribution is 2.40. The molecular formula is C26H32N2. The molecule has 2 nitrogen and oxygen atoms in total. The maximum absolute atomic E-state index is 3.74. The number of aryl methyl sites for hydroxylation is 1. The number of rotatable bonds is 6. The number of allylic oxidation sites excluding steroid dienone is 1. The minimum absolute atomic E-state index is 0.210. The predicted octanol–water partition coefficient (Wildman–Crippen LogP) is 6.23. The van der Waals surface area contributed by atoms with Crippen molar-refractivity contribution in [2.24, 2.45) is 0 Å². The number of nitrogens with one attached hydrogen (secondary N) is 1. The molecule has 0 bridgehead atoms. The van der Waals surface area contributed by atoms with Gasteiger partial charge in [-0.05, 0) is 69.0 Å². The molecule has 0 spiro atoms. The van der Waals surface area contributed by atoms with Gasteiger partial charge in [-0.3, -0.25) is 0 Å². The minimum Gasteiger partial charge on any atom is -0.355 e. The van der Waals surface area contributed by atoms with Crippen LogP contribution < -0.4 is 0 Å². The Labute approximate surface area is 169 Å². The lowest BCUT2D eigenvalue weighted by Crippen LogP contribution is -2.47. The summed E-state index contributed by atoms with van der Waals surface area (Å²) in [6, 6.07) is 19.7. The van der Waals surface area contributed by atoms with Crippen LogP contribution in [0, 0.1) is 0 Å². The molecule has 28 heavy (non-hydrogen) atoms. The van der Waals surface area contributed by atoms with E-state index in [4.69, 9.17) is 0 Å². The summed E-state index contributed by atoms with van der Waals surface area (Å²) >= 11 is 0. The summed E-state index contributed by atoms with van der Waals surface area (Å²) in [7, 11) is 4.49. The van der Waals surface area contributed by atoms with E-state index >= 15 is 0 Å². The fourth-order valence-electron chi connectivity index (χ4n) is 4.80. The van der Waals surface area contributed by atoms with Crippen molar-refractivity contribution < 1.29 is 0 Å². The Morgan fingerprint density at radius 2 is 1.75 bits per heavy atom. The van der Waals surface area contributed by atoms with Gasteiger partial charge in [-0.25, -0.2) is 0 Å². The summed E-state index contributed by atoms with van der Waals surface area (Å²) in [5, 5.41) is 1.40. The third-order valence-electron chi connectivity index (χ3n) is 6.55. The van der Waals surface area contributed by atoms with E-state index in [0.717, 1.165) is 25.7 Å². The first-order valence-electron chi connectivity index (χ1n) is 10.6. The van der Waals surface area contributed by atoms with Crippen molar-refractivity contribution in [3.63, 3.8) is 0 Å². The van der Waals surface area contributed by atoms with Gasteiger partial charge in [0.05, 0.1) is 0 Å². The summed E-state index contributed by atoms with van der Waals surface area (Å²) in [5.41, 5.74) is 7.31. The maximum Gasteiger partial charge on any atom is 0.0461 e. The third kappa shape index (κ3) is 3.54. The van der Waals surface area contributed by atoms with Gasteiger partial charge in [-0.2, -0.15) is 0 Å². The van der Waals surface area contributed by atoms with Crippen LogP contribution in [-0.4, -0.2) is 29.5 Å². The molecule has 1 atom stereocenters. The van der Waals surface area contributed by atoms with Crippen LogP contribution in [-0.2, 0) is 12.8 Å². The fourth-order valence-corrected chi connectivity index (χ4v) is 4.80. The van der Waals surface area contributed by atoms with Crippen LogP contribution in [0.3, 0.4) is 0 Å². The quantitative estimate of drug-likeness (QED) is 0.543. The molecule has 0 fully saturated rings. The Kier molecular flexibility index (Phi) is 5.41. The number of para-hydroxylation sites is 1. The van der Waals surface area contributed by atoms with Crippen LogP contribution >= 0.6 is 0 Å². The average molecular weight is 373 g/mol. The standard InChI is InChI=1S/C26H32N2/c1-4-10-23-22-13-8-9-14-24(22)27-25(23)21-15-17-26(18-16-21,28(2)3)19-20-11-6-5-7-12-20/h5-9,11-15,27H,4,10,16-19H2,1-3H3. The van der Waals surface area contributed by atoms with Gasteiger partial charge in [0.2, 0.25) is 0 Å². The predicted molar refractivity (Wildman–Crippen MR) is 121 cm³/mol. The number of aromatic amines is 1. The molecule has 0 amide bonds. The highest BCUT2D eigenvalue weighted by molar-refractivity contribution is 5.89. The lowest BCUT2D eigenvalue weighted by Gasteiger charge is -2.42.